The average Bonchev–Trinajstić information content (AvgIpc) is 4.08. The summed E-state index contributed by atoms with van der Waals surface area (Å²) >= 11 is 0. The quantitative estimate of drug-likeness (QED) is 0.107. The molecule has 0 saturated heterocycles. The van der Waals surface area contributed by atoms with E-state index in [0.717, 1.165) is 17.1 Å². The Morgan fingerprint density at radius 1 is 0.214 bits per heavy atom. The van der Waals surface area contributed by atoms with Gasteiger partial charge < -0.3 is 13.7 Å². The van der Waals surface area contributed by atoms with Gasteiger partial charge in [-0.2, -0.15) is 0 Å². The van der Waals surface area contributed by atoms with E-state index in [1.165, 1.54) is 97.3 Å². The topological polar surface area (TPSA) is 14.8 Å². The minimum absolute atomic E-state index is 1.14. The maximum Gasteiger partial charge on any atom is 0.179 e. The highest BCUT2D eigenvalue weighted by Gasteiger charge is 2.42. The number of benzene rings is 11. The number of rotatable bonds is 8. The molecule has 0 aliphatic carbocycles. The number of para-hydroxylation sites is 5. The largest absolute Gasteiger partial charge is 0.309 e. The SMILES string of the molecule is c1ccc(-n2c3ccccc3c3cc(-c4cccc([Si](c5ccccc5)(c5ccccc5)c5cccc(-n6c7ccccc7c7ccc8c9ccccc9n(-c9ccccc9)c8c76)c5)c4)ccc32)cc1. The summed E-state index contributed by atoms with van der Waals surface area (Å²) in [4.78, 5) is 0. The highest BCUT2D eigenvalue weighted by Crippen LogP contribution is 2.42. The van der Waals surface area contributed by atoms with Crippen molar-refractivity contribution in [2.45, 2.75) is 0 Å². The molecule has 0 unspecified atom stereocenters. The Morgan fingerprint density at radius 3 is 1.17 bits per heavy atom. The van der Waals surface area contributed by atoms with Gasteiger partial charge in [-0.25, -0.2) is 0 Å². The van der Waals surface area contributed by atoms with E-state index < -0.39 is 8.07 Å². The van der Waals surface area contributed by atoms with Crippen LogP contribution in [-0.2, 0) is 0 Å². The summed E-state index contributed by atoms with van der Waals surface area (Å²) in [5, 5.41) is 12.8. The van der Waals surface area contributed by atoms with E-state index in [-0.39, 0.29) is 0 Å². The van der Waals surface area contributed by atoms with Gasteiger partial charge in [0.05, 0.1) is 33.1 Å². The van der Waals surface area contributed by atoms with Crippen LogP contribution in [0.5, 0.6) is 0 Å². The highest BCUT2D eigenvalue weighted by molar-refractivity contribution is 7.20. The maximum absolute atomic E-state index is 3.05. The molecule has 70 heavy (non-hydrogen) atoms. The lowest BCUT2D eigenvalue weighted by molar-refractivity contribution is 1.15. The molecule has 0 spiro atoms. The van der Waals surface area contributed by atoms with Gasteiger partial charge in [-0.1, -0.05) is 206 Å². The van der Waals surface area contributed by atoms with Gasteiger partial charge in [-0.3, -0.25) is 0 Å². The third-order valence-electron chi connectivity index (χ3n) is 14.7. The van der Waals surface area contributed by atoms with E-state index in [1.807, 2.05) is 0 Å². The third kappa shape index (κ3) is 6.00. The van der Waals surface area contributed by atoms with Gasteiger partial charge in [0.25, 0.3) is 0 Å². The number of fused-ring (bicyclic) bond motifs is 10. The first kappa shape index (κ1) is 40.1. The van der Waals surface area contributed by atoms with Gasteiger partial charge in [0.2, 0.25) is 0 Å². The Bertz CT molecular complexity index is 4240. The zero-order valence-corrected chi connectivity index (χ0v) is 39.3. The number of hydrogen-bond acceptors (Lipinski definition) is 0. The van der Waals surface area contributed by atoms with Gasteiger partial charge in [0, 0.05) is 49.4 Å². The molecule has 0 atom stereocenters. The first-order chi connectivity index (χ1) is 34.8. The molecule has 0 N–H and O–H groups in total. The van der Waals surface area contributed by atoms with Gasteiger partial charge >= 0.3 is 0 Å². The van der Waals surface area contributed by atoms with Crippen molar-refractivity contribution in [3.8, 4) is 28.2 Å². The number of aromatic nitrogens is 3. The lowest BCUT2D eigenvalue weighted by atomic mass is 10.0. The van der Waals surface area contributed by atoms with Crippen LogP contribution in [0.3, 0.4) is 0 Å². The molecule has 4 heteroatoms. The molecular formula is C66H45N3Si. The van der Waals surface area contributed by atoms with Crippen LogP contribution in [0.15, 0.2) is 273 Å². The number of hydrogen-bond donors (Lipinski definition) is 0. The summed E-state index contributed by atoms with van der Waals surface area (Å²) < 4.78 is 7.41. The molecule has 11 aromatic carbocycles. The standard InChI is InChI=1S/C66H45N3Si/c1-5-22-48(23-6-1)67-61-36-16-15-35-57(61)60-44-47(39-42-64(60)67)46-21-19-31-53(43-46)70(51-27-9-3-10-28-51,52-29-11-4-12-30-52)54-32-20-26-50(45-54)69-63-38-18-14-34-56(63)59-41-40-58-55-33-13-17-37-62(55)68(65(58)66(59)69)49-24-7-2-8-25-49/h1-45H. The molecule has 3 aromatic heterocycles. The van der Waals surface area contributed by atoms with E-state index in [0.29, 0.717) is 0 Å². The fraction of sp³-hybridized carbons (Fsp3) is 0. The second-order valence-electron chi connectivity index (χ2n) is 18.4. The summed E-state index contributed by atoms with van der Waals surface area (Å²) in [5.74, 6) is 0. The fourth-order valence-corrected chi connectivity index (χ4v) is 16.6. The van der Waals surface area contributed by atoms with Gasteiger partial charge in [-0.05, 0) is 98.6 Å². The van der Waals surface area contributed by atoms with Crippen molar-refractivity contribution in [2.75, 3.05) is 0 Å². The maximum atomic E-state index is 2.54. The van der Waals surface area contributed by atoms with Gasteiger partial charge in [-0.15, -0.1) is 0 Å². The van der Waals surface area contributed by atoms with Crippen molar-refractivity contribution in [1.29, 1.82) is 0 Å². The minimum atomic E-state index is -3.05. The second-order valence-corrected chi connectivity index (χ2v) is 22.2. The van der Waals surface area contributed by atoms with E-state index in [9.17, 15) is 0 Å². The normalized spacial score (nSPS) is 12.0. The van der Waals surface area contributed by atoms with Crippen LogP contribution in [0, 0.1) is 0 Å². The molecule has 14 aromatic rings. The van der Waals surface area contributed by atoms with Crippen LogP contribution in [0.2, 0.25) is 0 Å². The van der Waals surface area contributed by atoms with E-state index in [4.69, 9.17) is 0 Å². The van der Waals surface area contributed by atoms with Crippen molar-refractivity contribution < 1.29 is 0 Å². The van der Waals surface area contributed by atoms with Crippen LogP contribution >= 0.6 is 0 Å². The summed E-state index contributed by atoms with van der Waals surface area (Å²) in [7, 11) is -3.05. The molecule has 0 aliphatic rings. The van der Waals surface area contributed by atoms with Crippen molar-refractivity contribution in [2.24, 2.45) is 0 Å². The lowest BCUT2D eigenvalue weighted by Crippen LogP contribution is -2.74. The van der Waals surface area contributed by atoms with Gasteiger partial charge in [0.1, 0.15) is 0 Å². The van der Waals surface area contributed by atoms with Crippen molar-refractivity contribution >= 4 is 94.2 Å². The van der Waals surface area contributed by atoms with Crippen LogP contribution in [-0.4, -0.2) is 21.8 Å². The molecule has 3 heterocycles. The Balaban J connectivity index is 1.03. The van der Waals surface area contributed by atoms with Crippen LogP contribution in [0.4, 0.5) is 0 Å². The lowest BCUT2D eigenvalue weighted by Gasteiger charge is -2.35. The van der Waals surface area contributed by atoms with Crippen molar-refractivity contribution in [3.05, 3.63) is 273 Å². The van der Waals surface area contributed by atoms with E-state index in [1.54, 1.807) is 0 Å². The third-order valence-corrected chi connectivity index (χ3v) is 19.5. The first-order valence-electron chi connectivity index (χ1n) is 24.2. The molecule has 0 amide bonds. The first-order valence-corrected chi connectivity index (χ1v) is 26.2. The molecule has 0 bridgehead atoms. The minimum Gasteiger partial charge on any atom is -0.309 e. The highest BCUT2D eigenvalue weighted by atomic mass is 28.3. The Labute approximate surface area is 407 Å². The molecule has 328 valence electrons. The second kappa shape index (κ2) is 16.1. The summed E-state index contributed by atoms with van der Waals surface area (Å²) in [5.41, 5.74) is 13.1. The zero-order valence-electron chi connectivity index (χ0n) is 38.3. The predicted octanol–water partition coefficient (Wildman–Crippen LogP) is 14.0. The molecule has 14 rings (SSSR count). The summed E-state index contributed by atoms with van der Waals surface area (Å²) in [6.45, 7) is 0. The van der Waals surface area contributed by atoms with Gasteiger partial charge in [0.15, 0.2) is 8.07 Å². The van der Waals surface area contributed by atoms with E-state index >= 15 is 0 Å². The Morgan fingerprint density at radius 2 is 0.600 bits per heavy atom. The summed E-state index contributed by atoms with van der Waals surface area (Å²) in [6, 6.07) is 101. The number of nitrogens with zero attached hydrogens (tertiary/aromatic N) is 3. The zero-order chi connectivity index (χ0) is 46.2. The smallest absolute Gasteiger partial charge is 0.179 e. The molecule has 3 nitrogen and oxygen atoms in total. The average molecular weight is 908 g/mol. The van der Waals surface area contributed by atoms with Crippen LogP contribution < -0.4 is 20.7 Å². The molecule has 0 saturated carbocycles. The molecule has 0 radical (unpaired) electrons. The van der Waals surface area contributed by atoms with Crippen molar-refractivity contribution in [1.82, 2.24) is 13.7 Å². The summed E-state index contributed by atoms with van der Waals surface area (Å²) in [6.07, 6.45) is 0. The Kier molecular flexibility index (Phi) is 9.23. The molecule has 0 fully saturated rings. The van der Waals surface area contributed by atoms with Crippen molar-refractivity contribution in [3.63, 3.8) is 0 Å². The molecule has 0 aliphatic heterocycles. The predicted molar refractivity (Wildman–Crippen MR) is 299 cm³/mol. The van der Waals surface area contributed by atoms with E-state index in [2.05, 4.69) is 287 Å². The fourth-order valence-electron chi connectivity index (χ4n) is 11.8. The Hall–Kier alpha value is -8.96. The van der Waals surface area contributed by atoms with Crippen LogP contribution in [0.25, 0.3) is 93.6 Å². The monoisotopic (exact) mass is 907 g/mol. The van der Waals surface area contributed by atoms with Crippen LogP contribution in [0.1, 0.15) is 0 Å². The molecular weight excluding hydrogens is 863 g/mol.